The predicted molar refractivity (Wildman–Crippen MR) is 271 cm³/mol. The van der Waals surface area contributed by atoms with Crippen molar-refractivity contribution in [1.29, 1.82) is 0 Å². The van der Waals surface area contributed by atoms with Crippen LogP contribution in [0.5, 0.6) is 0 Å². The fraction of sp³-hybridized carbons (Fsp3) is 0.0492. The summed E-state index contributed by atoms with van der Waals surface area (Å²) in [5.74, 6) is 0.271. The minimum Gasteiger partial charge on any atom is -0.456 e. The summed E-state index contributed by atoms with van der Waals surface area (Å²) in [6.07, 6.45) is 7.22. The van der Waals surface area contributed by atoms with Crippen molar-refractivity contribution in [1.82, 2.24) is 4.57 Å². The Morgan fingerprint density at radius 3 is 1.77 bits per heavy atom. The van der Waals surface area contributed by atoms with E-state index >= 15 is 0 Å². The van der Waals surface area contributed by atoms with Gasteiger partial charge in [-0.1, -0.05) is 151 Å². The molecule has 0 amide bonds. The van der Waals surface area contributed by atoms with Crippen LogP contribution in [0.25, 0.3) is 88.1 Å². The van der Waals surface area contributed by atoms with E-state index in [9.17, 15) is 0 Å². The Labute approximate surface area is 376 Å². The highest BCUT2D eigenvalue weighted by Gasteiger charge is 2.38. The molecule has 12 aromatic rings. The molecule has 65 heavy (non-hydrogen) atoms. The molecule has 2 atom stereocenters. The van der Waals surface area contributed by atoms with E-state index in [1.54, 1.807) is 0 Å². The minimum absolute atomic E-state index is 0.244. The average molecular weight is 835 g/mol. The third-order valence-electron chi connectivity index (χ3n) is 13.5. The molecular weight excluding hydrogens is 793 g/mol. The Morgan fingerprint density at radius 1 is 0.415 bits per heavy atom. The SMILES string of the molecule is Cc1ccc2c(c1)c1ccc(C3=CC4c5ccccc5N(c5ccccc5)C4C=C3)cc1n2-c1ccc(-c2ccc3oc4ccccc4c3c2)cc1.c1ccc2c(c1)oc1ccccc12. The summed E-state index contributed by atoms with van der Waals surface area (Å²) in [6.45, 7) is 2.18. The molecular formula is C61H42N2O2. The first-order chi connectivity index (χ1) is 32.1. The van der Waals surface area contributed by atoms with Gasteiger partial charge in [0.15, 0.2) is 0 Å². The molecule has 4 heteroatoms. The van der Waals surface area contributed by atoms with Crippen LogP contribution in [0.2, 0.25) is 0 Å². The Morgan fingerprint density at radius 2 is 1.03 bits per heavy atom. The van der Waals surface area contributed by atoms with Gasteiger partial charge in [-0.15, -0.1) is 0 Å². The van der Waals surface area contributed by atoms with Crippen molar-refractivity contribution in [2.45, 2.75) is 18.9 Å². The highest BCUT2D eigenvalue weighted by atomic mass is 16.3. The highest BCUT2D eigenvalue weighted by molar-refractivity contribution is 6.11. The van der Waals surface area contributed by atoms with Gasteiger partial charge < -0.3 is 18.3 Å². The van der Waals surface area contributed by atoms with Crippen molar-refractivity contribution >= 4 is 82.6 Å². The van der Waals surface area contributed by atoms with E-state index in [1.165, 1.54) is 77.3 Å². The summed E-state index contributed by atoms with van der Waals surface area (Å²) in [5.41, 5.74) is 17.4. The molecule has 0 spiro atoms. The number of fused-ring (bicyclic) bond motifs is 12. The van der Waals surface area contributed by atoms with Gasteiger partial charge in [0.05, 0.1) is 17.1 Å². The van der Waals surface area contributed by atoms with E-state index in [1.807, 2.05) is 48.5 Å². The topological polar surface area (TPSA) is 34.5 Å². The summed E-state index contributed by atoms with van der Waals surface area (Å²) < 4.78 is 14.2. The van der Waals surface area contributed by atoms with Gasteiger partial charge in [0, 0.05) is 55.3 Å². The maximum Gasteiger partial charge on any atom is 0.135 e. The number of hydrogen-bond donors (Lipinski definition) is 0. The van der Waals surface area contributed by atoms with Gasteiger partial charge in [0.1, 0.15) is 22.3 Å². The van der Waals surface area contributed by atoms with E-state index in [-0.39, 0.29) is 12.0 Å². The molecule has 0 saturated carbocycles. The van der Waals surface area contributed by atoms with Crippen LogP contribution in [0.1, 0.15) is 22.6 Å². The molecule has 1 aliphatic carbocycles. The van der Waals surface area contributed by atoms with Gasteiger partial charge in [-0.05, 0) is 114 Å². The summed E-state index contributed by atoms with van der Waals surface area (Å²) in [6, 6.07) is 73.7. The van der Waals surface area contributed by atoms with Crippen molar-refractivity contribution in [2.75, 3.05) is 4.90 Å². The van der Waals surface area contributed by atoms with E-state index in [0.29, 0.717) is 0 Å². The zero-order chi connectivity index (χ0) is 43.0. The Balaban J connectivity index is 0.000000278. The molecule has 0 radical (unpaired) electrons. The fourth-order valence-electron chi connectivity index (χ4n) is 10.4. The Bertz CT molecular complexity index is 3810. The molecule has 0 fully saturated rings. The maximum atomic E-state index is 6.10. The smallest absolute Gasteiger partial charge is 0.135 e. The highest BCUT2D eigenvalue weighted by Crippen LogP contribution is 2.49. The quantitative estimate of drug-likeness (QED) is 0.177. The molecule has 2 unspecified atom stereocenters. The Kier molecular flexibility index (Phi) is 8.53. The summed E-state index contributed by atoms with van der Waals surface area (Å²) in [4.78, 5) is 2.49. The van der Waals surface area contributed by atoms with Crippen molar-refractivity contribution < 1.29 is 8.83 Å². The minimum atomic E-state index is 0.244. The maximum absolute atomic E-state index is 6.10. The molecule has 4 nitrogen and oxygen atoms in total. The lowest BCUT2D eigenvalue weighted by Crippen LogP contribution is -2.28. The molecule has 14 rings (SSSR count). The van der Waals surface area contributed by atoms with Crippen molar-refractivity contribution in [3.05, 3.63) is 241 Å². The number of aromatic nitrogens is 1. The van der Waals surface area contributed by atoms with Crippen LogP contribution in [0, 0.1) is 6.92 Å². The lowest BCUT2D eigenvalue weighted by atomic mass is 9.86. The lowest BCUT2D eigenvalue weighted by Gasteiger charge is -2.29. The first-order valence-corrected chi connectivity index (χ1v) is 22.4. The number of aryl methyl sites for hydroxylation is 1. The second-order valence-corrected chi connectivity index (χ2v) is 17.3. The monoisotopic (exact) mass is 834 g/mol. The third kappa shape index (κ3) is 6.13. The molecule has 4 heterocycles. The van der Waals surface area contributed by atoms with Crippen LogP contribution < -0.4 is 4.90 Å². The molecule has 1 aliphatic heterocycles. The number of rotatable bonds is 4. The zero-order valence-corrected chi connectivity index (χ0v) is 35.7. The van der Waals surface area contributed by atoms with Gasteiger partial charge in [-0.25, -0.2) is 0 Å². The second kappa shape index (κ2) is 14.9. The average Bonchev–Trinajstić information content (AvgIpc) is 4.11. The number of allylic oxidation sites excluding steroid dienone is 2. The van der Waals surface area contributed by atoms with E-state index in [4.69, 9.17) is 8.83 Å². The standard InChI is InChI=1S/C49H34N2O.C12H8O/c1-31-15-24-45-41(27-31)39-23-18-35(34-19-25-46-42(28-34)38-11-5-7-13-44(38)50(46)36-9-3-2-4-10-36)30-47(39)51(45)37-21-16-32(17-22-37)33-20-26-49-43(29-33)40-12-6-8-14-48(40)52-49;1-3-7-11-9(5-1)10-6-2-4-8-12(10)13-11/h2-30,42,46H,1H3;1-8H. The summed E-state index contributed by atoms with van der Waals surface area (Å²) in [7, 11) is 0. The van der Waals surface area contributed by atoms with Gasteiger partial charge in [0.25, 0.3) is 0 Å². The predicted octanol–water partition coefficient (Wildman–Crippen LogP) is 16.5. The summed E-state index contributed by atoms with van der Waals surface area (Å²) in [5, 5.41) is 7.23. The van der Waals surface area contributed by atoms with Crippen molar-refractivity contribution in [2.24, 2.45) is 0 Å². The largest absolute Gasteiger partial charge is 0.456 e. The number of anilines is 2. The number of para-hydroxylation sites is 5. The fourth-order valence-corrected chi connectivity index (χ4v) is 10.4. The van der Waals surface area contributed by atoms with Gasteiger partial charge >= 0.3 is 0 Å². The van der Waals surface area contributed by atoms with E-state index in [2.05, 4.69) is 192 Å². The first-order valence-electron chi connectivity index (χ1n) is 22.4. The lowest BCUT2D eigenvalue weighted by molar-refractivity contribution is 0.668. The second-order valence-electron chi connectivity index (χ2n) is 17.3. The molecule has 0 N–H and O–H groups in total. The number of furan rings is 2. The van der Waals surface area contributed by atoms with Gasteiger partial charge in [-0.2, -0.15) is 0 Å². The van der Waals surface area contributed by atoms with Crippen LogP contribution in [-0.2, 0) is 0 Å². The summed E-state index contributed by atoms with van der Waals surface area (Å²) >= 11 is 0. The van der Waals surface area contributed by atoms with E-state index < -0.39 is 0 Å². The number of hydrogen-bond acceptors (Lipinski definition) is 3. The third-order valence-corrected chi connectivity index (χ3v) is 13.5. The molecule has 0 bridgehead atoms. The van der Waals surface area contributed by atoms with Crippen LogP contribution in [0.3, 0.4) is 0 Å². The molecule has 9 aromatic carbocycles. The van der Waals surface area contributed by atoms with Crippen LogP contribution >= 0.6 is 0 Å². The van der Waals surface area contributed by atoms with Gasteiger partial charge in [0.2, 0.25) is 0 Å². The van der Waals surface area contributed by atoms with Crippen LogP contribution in [0.4, 0.5) is 11.4 Å². The number of nitrogens with zero attached hydrogens (tertiary/aromatic N) is 2. The molecule has 3 aromatic heterocycles. The van der Waals surface area contributed by atoms with Crippen LogP contribution in [0.15, 0.2) is 233 Å². The van der Waals surface area contributed by atoms with Crippen LogP contribution in [-0.4, -0.2) is 10.6 Å². The Hall–Kier alpha value is -8.34. The molecule has 0 saturated heterocycles. The number of benzene rings is 9. The van der Waals surface area contributed by atoms with Crippen molar-refractivity contribution in [3.8, 4) is 16.8 Å². The first kappa shape index (κ1) is 37.2. The normalized spacial score (nSPS) is 15.5. The molecule has 308 valence electrons. The van der Waals surface area contributed by atoms with Gasteiger partial charge in [-0.3, -0.25) is 0 Å². The zero-order valence-electron chi connectivity index (χ0n) is 35.7. The molecule has 2 aliphatic rings. The van der Waals surface area contributed by atoms with E-state index in [0.717, 1.165) is 38.8 Å². The van der Waals surface area contributed by atoms with Crippen molar-refractivity contribution in [3.63, 3.8) is 0 Å².